The highest BCUT2D eigenvalue weighted by Gasteiger charge is 2.31. The van der Waals surface area contributed by atoms with Gasteiger partial charge >= 0.3 is 6.09 Å². The Morgan fingerprint density at radius 1 is 1.00 bits per heavy atom. The van der Waals surface area contributed by atoms with E-state index in [9.17, 15) is 14.4 Å². The van der Waals surface area contributed by atoms with Crippen LogP contribution in [0.4, 0.5) is 10.5 Å². The molecule has 3 aromatic carbocycles. The van der Waals surface area contributed by atoms with E-state index < -0.39 is 12.1 Å². The molecule has 7 nitrogen and oxygen atoms in total. The number of hydrogen-bond donors (Lipinski definition) is 2. The summed E-state index contributed by atoms with van der Waals surface area (Å²) in [5.41, 5.74) is 5.97. The number of fused-ring (bicyclic) bond motifs is 1. The average molecular weight is 486 g/mol. The Labute approximate surface area is 211 Å². The van der Waals surface area contributed by atoms with Gasteiger partial charge in [-0.1, -0.05) is 73.7 Å². The van der Waals surface area contributed by atoms with E-state index in [1.54, 1.807) is 11.8 Å². The molecule has 0 saturated heterocycles. The summed E-state index contributed by atoms with van der Waals surface area (Å²) in [5, 5.41) is 5.63. The molecule has 0 aromatic heterocycles. The molecule has 2 N–H and O–H groups in total. The Morgan fingerprint density at radius 2 is 1.72 bits per heavy atom. The fourth-order valence-corrected chi connectivity index (χ4v) is 4.48. The summed E-state index contributed by atoms with van der Waals surface area (Å²) in [5.74, 6) is -0.214. The summed E-state index contributed by atoms with van der Waals surface area (Å²) in [6, 6.07) is 23.3. The number of rotatable bonds is 7. The van der Waals surface area contributed by atoms with Crippen molar-refractivity contribution >= 4 is 23.6 Å². The topological polar surface area (TPSA) is 87.7 Å². The van der Waals surface area contributed by atoms with Gasteiger partial charge in [0.25, 0.3) is 0 Å². The second kappa shape index (κ2) is 11.5. The number of hydrogen-bond acceptors (Lipinski definition) is 4. The largest absolute Gasteiger partial charge is 0.453 e. The van der Waals surface area contributed by atoms with Crippen LogP contribution in [0.1, 0.15) is 36.5 Å². The quantitative estimate of drug-likeness (QED) is 0.513. The number of nitrogens with one attached hydrogen (secondary N) is 2. The van der Waals surface area contributed by atoms with E-state index >= 15 is 0 Å². The van der Waals surface area contributed by atoms with Crippen molar-refractivity contribution in [3.63, 3.8) is 0 Å². The SMILES string of the molecule is CCC(=O)N[C@@H]1CCc2ccccc2N(Cc2ccc(-c3ccccc3CNC(=O)OC)cc2)C1=O. The van der Waals surface area contributed by atoms with Gasteiger partial charge in [-0.2, -0.15) is 0 Å². The summed E-state index contributed by atoms with van der Waals surface area (Å²) < 4.78 is 4.68. The molecule has 1 heterocycles. The molecule has 0 unspecified atom stereocenters. The Bertz CT molecular complexity index is 1240. The van der Waals surface area contributed by atoms with E-state index in [1.807, 2.05) is 72.8 Å². The van der Waals surface area contributed by atoms with Crippen LogP contribution in [0.3, 0.4) is 0 Å². The van der Waals surface area contributed by atoms with Gasteiger partial charge in [0, 0.05) is 18.7 Å². The molecule has 1 aliphatic heterocycles. The summed E-state index contributed by atoms with van der Waals surface area (Å²) in [7, 11) is 1.34. The van der Waals surface area contributed by atoms with Crippen molar-refractivity contribution in [3.05, 3.63) is 89.5 Å². The first kappa shape index (κ1) is 25.0. The number of carbonyl (C=O) groups is 3. The van der Waals surface area contributed by atoms with E-state index in [-0.39, 0.29) is 11.8 Å². The molecule has 36 heavy (non-hydrogen) atoms. The first-order chi connectivity index (χ1) is 17.5. The van der Waals surface area contributed by atoms with Crippen molar-refractivity contribution in [1.82, 2.24) is 10.6 Å². The first-order valence-corrected chi connectivity index (χ1v) is 12.2. The fraction of sp³-hybridized carbons (Fsp3) is 0.276. The van der Waals surface area contributed by atoms with Crippen molar-refractivity contribution in [2.75, 3.05) is 12.0 Å². The standard InChI is InChI=1S/C29H31N3O4/c1-3-27(33)31-25-17-16-22-8-5-7-11-26(22)32(28(25)34)19-20-12-14-21(15-13-20)24-10-6-4-9-23(24)18-30-29(35)36-2/h4-15,25H,3,16-19H2,1-2H3,(H,30,35)(H,31,33)/t25-/m1/s1. The van der Waals surface area contributed by atoms with E-state index in [0.29, 0.717) is 25.9 Å². The van der Waals surface area contributed by atoms with E-state index in [0.717, 1.165) is 39.9 Å². The average Bonchev–Trinajstić information content (AvgIpc) is 3.04. The van der Waals surface area contributed by atoms with Crippen LogP contribution in [0.25, 0.3) is 11.1 Å². The fourth-order valence-electron chi connectivity index (χ4n) is 4.48. The molecular formula is C29H31N3O4. The monoisotopic (exact) mass is 485 g/mol. The molecule has 0 bridgehead atoms. The van der Waals surface area contributed by atoms with Gasteiger partial charge in [-0.3, -0.25) is 9.59 Å². The lowest BCUT2D eigenvalue weighted by atomic mass is 9.98. The Balaban J connectivity index is 1.57. The van der Waals surface area contributed by atoms with Crippen LogP contribution in [0.2, 0.25) is 0 Å². The van der Waals surface area contributed by atoms with E-state index in [1.165, 1.54) is 7.11 Å². The van der Waals surface area contributed by atoms with Crippen molar-refractivity contribution in [2.24, 2.45) is 0 Å². The number of anilines is 1. The molecule has 3 aromatic rings. The predicted octanol–water partition coefficient (Wildman–Crippen LogP) is 4.58. The minimum Gasteiger partial charge on any atom is -0.453 e. The molecule has 186 valence electrons. The Kier molecular flexibility index (Phi) is 8.00. The summed E-state index contributed by atoms with van der Waals surface area (Å²) in [6.07, 6.45) is 1.17. The maximum Gasteiger partial charge on any atom is 0.407 e. The zero-order chi connectivity index (χ0) is 25.5. The van der Waals surface area contributed by atoms with Crippen LogP contribution in [-0.2, 0) is 33.8 Å². The third-order valence-electron chi connectivity index (χ3n) is 6.44. The van der Waals surface area contributed by atoms with Gasteiger partial charge in [0.2, 0.25) is 11.8 Å². The van der Waals surface area contributed by atoms with Crippen LogP contribution in [-0.4, -0.2) is 31.1 Å². The summed E-state index contributed by atoms with van der Waals surface area (Å²) >= 11 is 0. The summed E-state index contributed by atoms with van der Waals surface area (Å²) in [4.78, 5) is 38.9. The molecule has 7 heteroatoms. The third kappa shape index (κ3) is 5.74. The molecule has 1 aliphatic rings. The van der Waals surface area contributed by atoms with Gasteiger partial charge in [-0.05, 0) is 46.7 Å². The van der Waals surface area contributed by atoms with Gasteiger partial charge in [0.05, 0.1) is 13.7 Å². The lowest BCUT2D eigenvalue weighted by Gasteiger charge is -2.26. The van der Waals surface area contributed by atoms with Gasteiger partial charge < -0.3 is 20.3 Å². The number of carbonyl (C=O) groups excluding carboxylic acids is 3. The predicted molar refractivity (Wildman–Crippen MR) is 139 cm³/mol. The van der Waals surface area contributed by atoms with E-state index in [2.05, 4.69) is 15.4 Å². The van der Waals surface area contributed by atoms with Crippen LogP contribution in [0.5, 0.6) is 0 Å². The van der Waals surface area contributed by atoms with Crippen molar-refractivity contribution in [3.8, 4) is 11.1 Å². The van der Waals surface area contributed by atoms with Crippen LogP contribution >= 0.6 is 0 Å². The zero-order valence-electron chi connectivity index (χ0n) is 20.6. The van der Waals surface area contributed by atoms with Crippen molar-refractivity contribution in [2.45, 2.75) is 45.3 Å². The van der Waals surface area contributed by atoms with Crippen molar-refractivity contribution < 1.29 is 19.1 Å². The molecule has 0 saturated carbocycles. The molecule has 0 radical (unpaired) electrons. The number of para-hydroxylation sites is 1. The van der Waals surface area contributed by atoms with Crippen molar-refractivity contribution in [1.29, 1.82) is 0 Å². The maximum atomic E-state index is 13.5. The molecule has 0 aliphatic carbocycles. The number of aryl methyl sites for hydroxylation is 1. The minimum absolute atomic E-state index is 0.0925. The molecular weight excluding hydrogens is 454 g/mol. The second-order valence-electron chi connectivity index (χ2n) is 8.76. The lowest BCUT2D eigenvalue weighted by Crippen LogP contribution is -2.47. The smallest absolute Gasteiger partial charge is 0.407 e. The minimum atomic E-state index is -0.543. The highest BCUT2D eigenvalue weighted by molar-refractivity contribution is 6.00. The van der Waals surface area contributed by atoms with Gasteiger partial charge in [0.1, 0.15) is 6.04 Å². The van der Waals surface area contributed by atoms with Crippen LogP contribution < -0.4 is 15.5 Å². The summed E-state index contributed by atoms with van der Waals surface area (Å²) in [6.45, 7) is 2.54. The van der Waals surface area contributed by atoms with Gasteiger partial charge in [0.15, 0.2) is 0 Å². The highest BCUT2D eigenvalue weighted by atomic mass is 16.5. The number of methoxy groups -OCH3 is 1. The first-order valence-electron chi connectivity index (χ1n) is 12.2. The number of ether oxygens (including phenoxy) is 1. The Hall–Kier alpha value is -4.13. The molecule has 0 fully saturated rings. The number of nitrogens with zero attached hydrogens (tertiary/aromatic N) is 1. The van der Waals surface area contributed by atoms with Gasteiger partial charge in [-0.25, -0.2) is 4.79 Å². The molecule has 3 amide bonds. The second-order valence-corrected chi connectivity index (χ2v) is 8.76. The molecule has 1 atom stereocenters. The maximum absolute atomic E-state index is 13.5. The molecule has 4 rings (SSSR count). The zero-order valence-corrected chi connectivity index (χ0v) is 20.6. The molecule has 0 spiro atoms. The highest BCUT2D eigenvalue weighted by Crippen LogP contribution is 2.30. The lowest BCUT2D eigenvalue weighted by molar-refractivity contribution is -0.127. The van der Waals surface area contributed by atoms with Crippen LogP contribution in [0.15, 0.2) is 72.8 Å². The number of benzene rings is 3. The number of alkyl carbamates (subject to hydrolysis) is 1. The van der Waals surface area contributed by atoms with Gasteiger partial charge in [-0.15, -0.1) is 0 Å². The number of amides is 3. The Morgan fingerprint density at radius 3 is 2.47 bits per heavy atom. The van der Waals surface area contributed by atoms with E-state index in [4.69, 9.17) is 0 Å². The van der Waals surface area contributed by atoms with Crippen LogP contribution in [0, 0.1) is 0 Å². The normalized spacial score (nSPS) is 15.0. The third-order valence-corrected chi connectivity index (χ3v) is 6.44.